The second kappa shape index (κ2) is 3.38. The number of hydrogen-bond acceptors (Lipinski definition) is 2. The van der Waals surface area contributed by atoms with E-state index in [1.54, 1.807) is 7.05 Å². The summed E-state index contributed by atoms with van der Waals surface area (Å²) in [6, 6.07) is 3.66. The van der Waals surface area contributed by atoms with Gasteiger partial charge in [0.2, 0.25) is 0 Å². The number of furan rings is 1. The number of fused-ring (bicyclic) bond motifs is 1. The van der Waals surface area contributed by atoms with E-state index in [1.807, 2.05) is 0 Å². The van der Waals surface area contributed by atoms with E-state index < -0.39 is 11.6 Å². The van der Waals surface area contributed by atoms with Gasteiger partial charge in [-0.1, -0.05) is 0 Å². The zero-order valence-electron chi connectivity index (χ0n) is 7.60. The van der Waals surface area contributed by atoms with Crippen LogP contribution >= 0.6 is 0 Å². The number of benzene rings is 1. The van der Waals surface area contributed by atoms with Crippen LogP contribution in [0.5, 0.6) is 0 Å². The molecule has 0 aliphatic carbocycles. The zero-order chi connectivity index (χ0) is 10.1. The zero-order valence-corrected chi connectivity index (χ0v) is 7.60. The van der Waals surface area contributed by atoms with Crippen molar-refractivity contribution in [2.24, 2.45) is 0 Å². The molecule has 1 aromatic heterocycles. The van der Waals surface area contributed by atoms with E-state index in [-0.39, 0.29) is 11.0 Å². The van der Waals surface area contributed by atoms with Gasteiger partial charge in [0.1, 0.15) is 11.6 Å². The highest BCUT2D eigenvalue weighted by Gasteiger charge is 2.11. The monoisotopic (exact) mass is 197 g/mol. The average molecular weight is 197 g/mol. The van der Waals surface area contributed by atoms with Gasteiger partial charge in [-0.15, -0.1) is 0 Å². The van der Waals surface area contributed by atoms with Crippen LogP contribution in [0.2, 0.25) is 0 Å². The molecular weight excluding hydrogens is 188 g/mol. The molecule has 2 aromatic rings. The van der Waals surface area contributed by atoms with Crippen molar-refractivity contribution in [1.29, 1.82) is 0 Å². The number of hydrogen-bond donors (Lipinski definition) is 1. The van der Waals surface area contributed by atoms with Gasteiger partial charge in [-0.2, -0.15) is 0 Å². The lowest BCUT2D eigenvalue weighted by Gasteiger charge is -1.92. The van der Waals surface area contributed by atoms with E-state index >= 15 is 0 Å². The van der Waals surface area contributed by atoms with Crippen molar-refractivity contribution in [2.45, 2.75) is 6.54 Å². The highest BCUT2D eigenvalue weighted by molar-refractivity contribution is 5.79. The molecule has 0 saturated heterocycles. The number of halogens is 2. The van der Waals surface area contributed by atoms with Gasteiger partial charge in [-0.05, 0) is 25.2 Å². The largest absolute Gasteiger partial charge is 0.457 e. The third-order valence-electron chi connectivity index (χ3n) is 1.98. The Hall–Kier alpha value is -1.42. The number of rotatable bonds is 2. The molecule has 1 aromatic carbocycles. The topological polar surface area (TPSA) is 25.2 Å². The molecule has 4 heteroatoms. The summed E-state index contributed by atoms with van der Waals surface area (Å²) >= 11 is 0. The predicted molar refractivity (Wildman–Crippen MR) is 48.9 cm³/mol. The molecule has 1 N–H and O–H groups in total. The summed E-state index contributed by atoms with van der Waals surface area (Å²) in [7, 11) is 1.74. The molecule has 1 heterocycles. The normalized spacial score (nSPS) is 11.1. The molecule has 0 unspecified atom stereocenters. The van der Waals surface area contributed by atoms with Gasteiger partial charge in [0, 0.05) is 0 Å². The second-order valence-electron chi connectivity index (χ2n) is 3.02. The van der Waals surface area contributed by atoms with E-state index in [1.165, 1.54) is 6.07 Å². The Labute approximate surface area is 79.5 Å². The minimum absolute atomic E-state index is 0.0183. The molecule has 0 amide bonds. The molecule has 0 aliphatic rings. The maximum absolute atomic E-state index is 13.2. The molecule has 0 atom stereocenters. The van der Waals surface area contributed by atoms with Gasteiger partial charge < -0.3 is 9.73 Å². The van der Waals surface area contributed by atoms with Crippen LogP contribution in [0, 0.1) is 11.6 Å². The van der Waals surface area contributed by atoms with Crippen molar-refractivity contribution in [3.8, 4) is 0 Å². The first-order chi connectivity index (χ1) is 6.72. The summed E-state index contributed by atoms with van der Waals surface area (Å²) in [5, 5.41) is 3.04. The third kappa shape index (κ3) is 1.37. The minimum Gasteiger partial charge on any atom is -0.457 e. The summed E-state index contributed by atoms with van der Waals surface area (Å²) < 4.78 is 31.5. The second-order valence-corrected chi connectivity index (χ2v) is 3.02. The number of nitrogens with one attached hydrogen (secondary N) is 1. The van der Waals surface area contributed by atoms with E-state index in [0.29, 0.717) is 12.3 Å². The van der Waals surface area contributed by atoms with Gasteiger partial charge in [0.05, 0.1) is 11.9 Å². The molecule has 2 rings (SSSR count). The Kier molecular flexibility index (Phi) is 2.21. The van der Waals surface area contributed by atoms with Crippen molar-refractivity contribution in [1.82, 2.24) is 5.32 Å². The van der Waals surface area contributed by atoms with E-state index in [9.17, 15) is 8.78 Å². The SMILES string of the molecule is CNCc1cc2c(F)ccc(F)c2o1. The van der Waals surface area contributed by atoms with Crippen LogP contribution in [-0.4, -0.2) is 7.05 Å². The molecule has 0 radical (unpaired) electrons. The van der Waals surface area contributed by atoms with Crippen LogP contribution in [0.1, 0.15) is 5.76 Å². The highest BCUT2D eigenvalue weighted by Crippen LogP contribution is 2.24. The molecular formula is C10H9F2NO. The molecule has 2 nitrogen and oxygen atoms in total. The molecule has 0 bridgehead atoms. The lowest BCUT2D eigenvalue weighted by atomic mass is 10.2. The molecule has 0 fully saturated rings. The Bertz CT molecular complexity index is 425. The molecule has 0 spiro atoms. The smallest absolute Gasteiger partial charge is 0.172 e. The van der Waals surface area contributed by atoms with Gasteiger partial charge in [0.15, 0.2) is 11.4 Å². The maximum atomic E-state index is 13.2. The first-order valence-corrected chi connectivity index (χ1v) is 4.23. The van der Waals surface area contributed by atoms with Crippen LogP contribution in [0.4, 0.5) is 8.78 Å². The fraction of sp³-hybridized carbons (Fsp3) is 0.200. The van der Waals surface area contributed by atoms with Crippen LogP contribution in [0.15, 0.2) is 22.6 Å². The van der Waals surface area contributed by atoms with Crippen molar-refractivity contribution < 1.29 is 13.2 Å². The Morgan fingerprint density at radius 2 is 2.00 bits per heavy atom. The standard InChI is InChI=1S/C10H9F2NO/c1-13-5-6-4-7-8(11)2-3-9(12)10(7)14-6/h2-4,13H,5H2,1H3. The minimum atomic E-state index is -0.538. The van der Waals surface area contributed by atoms with E-state index in [2.05, 4.69) is 5.32 Å². The van der Waals surface area contributed by atoms with Crippen molar-refractivity contribution in [2.75, 3.05) is 7.05 Å². The fourth-order valence-electron chi connectivity index (χ4n) is 1.37. The van der Waals surface area contributed by atoms with Gasteiger partial charge in [-0.3, -0.25) is 0 Å². The lowest BCUT2D eigenvalue weighted by Crippen LogP contribution is -2.03. The van der Waals surface area contributed by atoms with Crippen LogP contribution < -0.4 is 5.32 Å². The summed E-state index contributed by atoms with van der Waals surface area (Å²) in [6.45, 7) is 0.452. The van der Waals surface area contributed by atoms with Gasteiger partial charge in [0.25, 0.3) is 0 Å². The third-order valence-corrected chi connectivity index (χ3v) is 1.98. The van der Waals surface area contributed by atoms with Crippen molar-refractivity contribution in [3.63, 3.8) is 0 Å². The molecule has 0 saturated carbocycles. The Morgan fingerprint density at radius 3 is 2.64 bits per heavy atom. The van der Waals surface area contributed by atoms with Crippen molar-refractivity contribution in [3.05, 3.63) is 35.6 Å². The van der Waals surface area contributed by atoms with Crippen LogP contribution in [-0.2, 0) is 6.54 Å². The van der Waals surface area contributed by atoms with Crippen LogP contribution in [0.25, 0.3) is 11.0 Å². The average Bonchev–Trinajstić information content (AvgIpc) is 2.57. The predicted octanol–water partition coefficient (Wildman–Crippen LogP) is 2.43. The highest BCUT2D eigenvalue weighted by atomic mass is 19.1. The quantitative estimate of drug-likeness (QED) is 0.799. The van der Waals surface area contributed by atoms with E-state index in [0.717, 1.165) is 12.1 Å². The van der Waals surface area contributed by atoms with Crippen LogP contribution in [0.3, 0.4) is 0 Å². The van der Waals surface area contributed by atoms with Gasteiger partial charge in [-0.25, -0.2) is 8.78 Å². The summed E-state index contributed by atoms with van der Waals surface area (Å²) in [6.07, 6.45) is 0. The Balaban J connectivity index is 2.63. The molecule has 74 valence electrons. The summed E-state index contributed by atoms with van der Waals surface area (Å²) in [5.41, 5.74) is -0.0183. The Morgan fingerprint density at radius 1 is 1.29 bits per heavy atom. The van der Waals surface area contributed by atoms with Gasteiger partial charge >= 0.3 is 0 Å². The van der Waals surface area contributed by atoms with E-state index in [4.69, 9.17) is 4.42 Å². The first kappa shape index (κ1) is 9.15. The van der Waals surface area contributed by atoms with Crippen molar-refractivity contribution >= 4 is 11.0 Å². The lowest BCUT2D eigenvalue weighted by molar-refractivity contribution is 0.505. The fourth-order valence-corrected chi connectivity index (χ4v) is 1.37. The molecule has 14 heavy (non-hydrogen) atoms. The maximum Gasteiger partial charge on any atom is 0.172 e. The molecule has 0 aliphatic heterocycles. The first-order valence-electron chi connectivity index (χ1n) is 4.23. The summed E-state index contributed by atoms with van der Waals surface area (Å²) in [5.74, 6) is -0.484. The summed E-state index contributed by atoms with van der Waals surface area (Å²) in [4.78, 5) is 0.